The summed E-state index contributed by atoms with van der Waals surface area (Å²) < 4.78 is 0. The van der Waals surface area contributed by atoms with Crippen LogP contribution in [0.1, 0.15) is 27.7 Å². The van der Waals surface area contributed by atoms with Crippen molar-refractivity contribution in [2.24, 2.45) is 11.1 Å². The van der Waals surface area contributed by atoms with Gasteiger partial charge in [0.1, 0.15) is 0 Å². The smallest absolute Gasteiger partial charge is 0.330 e. The van der Waals surface area contributed by atoms with Crippen LogP contribution in [0.2, 0.25) is 0 Å². The first-order valence-corrected chi connectivity index (χ1v) is 6.26. The lowest BCUT2D eigenvalue weighted by Crippen LogP contribution is -2.53. The van der Waals surface area contributed by atoms with Gasteiger partial charge in [0.05, 0.1) is 12.0 Å². The van der Waals surface area contributed by atoms with Crippen molar-refractivity contribution in [2.45, 2.75) is 33.7 Å². The summed E-state index contributed by atoms with van der Waals surface area (Å²) >= 11 is 0. The minimum Gasteiger partial charge on any atom is -0.367 e. The summed E-state index contributed by atoms with van der Waals surface area (Å²) in [5, 5.41) is 1.77. The number of rotatable bonds is 3. The van der Waals surface area contributed by atoms with E-state index in [-0.39, 0.29) is 5.97 Å². The molecule has 1 saturated heterocycles. The Balaban J connectivity index is 2.42. The second kappa shape index (κ2) is 5.80. The Morgan fingerprint density at radius 1 is 1.41 bits per heavy atom. The molecule has 1 aliphatic heterocycles. The van der Waals surface area contributed by atoms with Gasteiger partial charge in [-0.25, -0.2) is 4.79 Å². The zero-order valence-electron chi connectivity index (χ0n) is 11.4. The van der Waals surface area contributed by atoms with Crippen molar-refractivity contribution < 1.29 is 9.63 Å². The van der Waals surface area contributed by atoms with Gasteiger partial charge < -0.3 is 10.6 Å². The monoisotopic (exact) mass is 243 g/mol. The van der Waals surface area contributed by atoms with E-state index in [1.165, 1.54) is 0 Å². The van der Waals surface area contributed by atoms with Crippen molar-refractivity contribution in [1.82, 2.24) is 9.96 Å². The van der Waals surface area contributed by atoms with E-state index in [1.54, 1.807) is 5.06 Å². The van der Waals surface area contributed by atoms with E-state index < -0.39 is 5.41 Å². The lowest BCUT2D eigenvalue weighted by Gasteiger charge is -2.39. The number of nitrogens with zero attached hydrogens (tertiary/aromatic N) is 2. The molecule has 0 aromatic carbocycles. The Labute approximate surface area is 104 Å². The van der Waals surface area contributed by atoms with E-state index >= 15 is 0 Å². The molecule has 1 aliphatic rings. The predicted molar refractivity (Wildman–Crippen MR) is 67.2 cm³/mol. The molecule has 0 aromatic rings. The number of carbonyl (C=O) groups is 1. The molecule has 0 unspecified atom stereocenters. The average molecular weight is 243 g/mol. The molecule has 100 valence electrons. The number of nitrogens with two attached hydrogens (primary N) is 1. The van der Waals surface area contributed by atoms with Crippen LogP contribution in [0.3, 0.4) is 0 Å². The lowest BCUT2D eigenvalue weighted by molar-refractivity contribution is -0.210. The molecule has 1 heterocycles. The molecule has 0 spiro atoms. The molecule has 0 aliphatic carbocycles. The molecule has 5 heteroatoms. The first-order chi connectivity index (χ1) is 7.84. The number of hydroxylamine groups is 2. The molecule has 1 atom stereocenters. The number of carbonyl (C=O) groups excluding carboxylic acids is 1. The first kappa shape index (κ1) is 14.4. The highest BCUT2D eigenvalue weighted by Gasteiger charge is 2.29. The van der Waals surface area contributed by atoms with E-state index in [2.05, 4.69) is 11.8 Å². The van der Waals surface area contributed by atoms with E-state index in [9.17, 15) is 4.79 Å². The quantitative estimate of drug-likeness (QED) is 0.780. The van der Waals surface area contributed by atoms with E-state index in [1.807, 2.05) is 20.8 Å². The molecule has 0 aromatic heterocycles. The van der Waals surface area contributed by atoms with Crippen LogP contribution in [0.4, 0.5) is 0 Å². The Bertz CT molecular complexity index is 263. The van der Waals surface area contributed by atoms with Crippen molar-refractivity contribution in [1.29, 1.82) is 0 Å². The Morgan fingerprint density at radius 2 is 2.06 bits per heavy atom. The molecule has 1 rings (SSSR count). The van der Waals surface area contributed by atoms with Crippen LogP contribution in [0, 0.1) is 5.41 Å². The minimum atomic E-state index is -0.447. The van der Waals surface area contributed by atoms with Gasteiger partial charge in [-0.05, 0) is 27.7 Å². The summed E-state index contributed by atoms with van der Waals surface area (Å²) in [6.45, 7) is 11.7. The van der Waals surface area contributed by atoms with Crippen LogP contribution < -0.4 is 5.73 Å². The first-order valence-electron chi connectivity index (χ1n) is 6.26. The van der Waals surface area contributed by atoms with Gasteiger partial charge in [0.15, 0.2) is 0 Å². The number of piperazine rings is 1. The van der Waals surface area contributed by atoms with Crippen LogP contribution in [-0.2, 0) is 9.63 Å². The molecule has 1 fully saturated rings. The van der Waals surface area contributed by atoms with Crippen LogP contribution in [-0.4, -0.2) is 54.7 Å². The molecule has 5 nitrogen and oxygen atoms in total. The fourth-order valence-electron chi connectivity index (χ4n) is 1.80. The topological polar surface area (TPSA) is 58.8 Å². The van der Waals surface area contributed by atoms with Gasteiger partial charge in [-0.15, -0.1) is 5.06 Å². The molecule has 0 radical (unpaired) electrons. The molecule has 0 bridgehead atoms. The SMILES string of the molecule is C[C@@H]1CN(OC(=O)C(C)(C)C)CCN1CCN. The molecule has 2 N–H and O–H groups in total. The van der Waals surface area contributed by atoms with Gasteiger partial charge in [-0.1, -0.05) is 0 Å². The average Bonchev–Trinajstić information content (AvgIpc) is 2.21. The highest BCUT2D eigenvalue weighted by atomic mass is 16.7. The minimum absolute atomic E-state index is 0.169. The Hall–Kier alpha value is -0.650. The van der Waals surface area contributed by atoms with Gasteiger partial charge in [0.25, 0.3) is 0 Å². The molecular weight excluding hydrogens is 218 g/mol. The maximum Gasteiger partial charge on any atom is 0.330 e. The zero-order valence-corrected chi connectivity index (χ0v) is 11.4. The summed E-state index contributed by atoms with van der Waals surface area (Å²) in [6, 6.07) is 0.375. The molecule has 0 amide bonds. The van der Waals surface area contributed by atoms with Gasteiger partial charge >= 0.3 is 5.97 Å². The number of hydrogen-bond donors (Lipinski definition) is 1. The summed E-state index contributed by atoms with van der Waals surface area (Å²) in [7, 11) is 0. The third-order valence-corrected chi connectivity index (χ3v) is 2.97. The van der Waals surface area contributed by atoms with Gasteiger partial charge in [0, 0.05) is 32.2 Å². The van der Waals surface area contributed by atoms with E-state index in [0.717, 1.165) is 26.2 Å². The normalized spacial score (nSPS) is 23.7. The van der Waals surface area contributed by atoms with Crippen molar-refractivity contribution >= 4 is 5.97 Å². The summed E-state index contributed by atoms with van der Waals surface area (Å²) in [6.07, 6.45) is 0. The van der Waals surface area contributed by atoms with Gasteiger partial charge in [-0.3, -0.25) is 4.90 Å². The van der Waals surface area contributed by atoms with Crippen LogP contribution >= 0.6 is 0 Å². The standard InChI is InChI=1S/C12H25N3O2/c1-10-9-15(8-7-14(10)6-5-13)17-11(16)12(2,3)4/h10H,5-9,13H2,1-4H3/t10-/m1/s1. The van der Waals surface area contributed by atoms with Crippen LogP contribution in [0.5, 0.6) is 0 Å². The lowest BCUT2D eigenvalue weighted by atomic mass is 9.98. The van der Waals surface area contributed by atoms with Crippen molar-refractivity contribution in [2.75, 3.05) is 32.7 Å². The second-order valence-electron chi connectivity index (χ2n) is 5.69. The Morgan fingerprint density at radius 3 is 2.53 bits per heavy atom. The summed E-state index contributed by atoms with van der Waals surface area (Å²) in [5.74, 6) is -0.169. The van der Waals surface area contributed by atoms with Crippen LogP contribution in [0.15, 0.2) is 0 Å². The van der Waals surface area contributed by atoms with Gasteiger partial charge in [0.2, 0.25) is 0 Å². The van der Waals surface area contributed by atoms with Crippen LogP contribution in [0.25, 0.3) is 0 Å². The highest BCUT2D eigenvalue weighted by Crippen LogP contribution is 2.18. The third-order valence-electron chi connectivity index (χ3n) is 2.97. The third kappa shape index (κ3) is 4.26. The molecule has 0 saturated carbocycles. The molecule has 17 heavy (non-hydrogen) atoms. The van der Waals surface area contributed by atoms with E-state index in [0.29, 0.717) is 12.6 Å². The second-order valence-corrected chi connectivity index (χ2v) is 5.69. The maximum atomic E-state index is 11.7. The Kier molecular flexibility index (Phi) is 4.91. The fraction of sp³-hybridized carbons (Fsp3) is 0.917. The zero-order chi connectivity index (χ0) is 13.1. The largest absolute Gasteiger partial charge is 0.367 e. The molecular formula is C12H25N3O2. The highest BCUT2D eigenvalue weighted by molar-refractivity contribution is 5.75. The van der Waals surface area contributed by atoms with Crippen molar-refractivity contribution in [3.05, 3.63) is 0 Å². The van der Waals surface area contributed by atoms with E-state index in [4.69, 9.17) is 10.6 Å². The van der Waals surface area contributed by atoms with Crippen molar-refractivity contribution in [3.63, 3.8) is 0 Å². The fourth-order valence-corrected chi connectivity index (χ4v) is 1.80. The summed E-state index contributed by atoms with van der Waals surface area (Å²) in [4.78, 5) is 19.5. The summed E-state index contributed by atoms with van der Waals surface area (Å²) in [5.41, 5.74) is 5.11. The maximum absolute atomic E-state index is 11.7. The predicted octanol–water partition coefficient (Wildman–Crippen LogP) is 0.456. The van der Waals surface area contributed by atoms with Crippen molar-refractivity contribution in [3.8, 4) is 0 Å². The number of hydrogen-bond acceptors (Lipinski definition) is 5. The van der Waals surface area contributed by atoms with Gasteiger partial charge in [-0.2, -0.15) is 0 Å².